The number of hydrogen-bond donors (Lipinski definition) is 2. The topological polar surface area (TPSA) is 111 Å². The van der Waals surface area contributed by atoms with Gasteiger partial charge < -0.3 is 19.9 Å². The van der Waals surface area contributed by atoms with Gasteiger partial charge in [-0.3, -0.25) is 14.9 Å². The number of hydrogen-bond acceptors (Lipinski definition) is 6. The molecule has 0 saturated carbocycles. The number of carboxylic acid groups (broad SMARTS) is 1. The number of carboxylic acids is 1. The average Bonchev–Trinajstić information content (AvgIpc) is 2.43. The summed E-state index contributed by atoms with van der Waals surface area (Å²) in [4.78, 5) is 21.2. The Kier molecular flexibility index (Phi) is 4.46. The highest BCUT2D eigenvalue weighted by atomic mass is 16.6. The largest absolute Gasteiger partial charge is 0.486 e. The predicted molar refractivity (Wildman–Crippen MR) is 74.0 cm³/mol. The molecule has 8 nitrogen and oxygen atoms in total. The SMILES string of the molecule is CC(CNc1cc2c(cc1[N+](=O)[O-])OCCO2)CC(=O)O. The van der Waals surface area contributed by atoms with Crippen LogP contribution < -0.4 is 14.8 Å². The number of anilines is 1. The number of fused-ring (bicyclic) bond motifs is 1. The number of nitrogens with zero attached hydrogens (tertiary/aromatic N) is 1. The second-order valence-electron chi connectivity index (χ2n) is 4.85. The van der Waals surface area contributed by atoms with Crippen LogP contribution in [0.5, 0.6) is 11.5 Å². The van der Waals surface area contributed by atoms with Crippen LogP contribution in [0.2, 0.25) is 0 Å². The highest BCUT2D eigenvalue weighted by Crippen LogP contribution is 2.39. The van der Waals surface area contributed by atoms with E-state index in [1.807, 2.05) is 0 Å². The lowest BCUT2D eigenvalue weighted by Gasteiger charge is -2.20. The maximum absolute atomic E-state index is 11.1. The minimum atomic E-state index is -0.902. The maximum Gasteiger partial charge on any atom is 0.303 e. The van der Waals surface area contributed by atoms with Crippen LogP contribution in [-0.4, -0.2) is 35.8 Å². The van der Waals surface area contributed by atoms with E-state index in [1.54, 1.807) is 6.92 Å². The van der Waals surface area contributed by atoms with Crippen molar-refractivity contribution in [1.82, 2.24) is 0 Å². The maximum atomic E-state index is 11.1. The molecule has 0 fully saturated rings. The smallest absolute Gasteiger partial charge is 0.303 e. The molecule has 2 N–H and O–H groups in total. The van der Waals surface area contributed by atoms with Crippen molar-refractivity contribution < 1.29 is 24.3 Å². The average molecular weight is 296 g/mol. The first-order valence-corrected chi connectivity index (χ1v) is 6.51. The summed E-state index contributed by atoms with van der Waals surface area (Å²) in [5, 5.41) is 22.7. The Morgan fingerprint density at radius 3 is 2.62 bits per heavy atom. The first kappa shape index (κ1) is 14.9. The van der Waals surface area contributed by atoms with Crippen molar-refractivity contribution in [3.8, 4) is 11.5 Å². The van der Waals surface area contributed by atoms with Gasteiger partial charge in [0, 0.05) is 19.0 Å². The van der Waals surface area contributed by atoms with Crippen LogP contribution in [0.25, 0.3) is 0 Å². The third kappa shape index (κ3) is 3.74. The molecule has 1 aromatic rings. The number of ether oxygens (including phenoxy) is 2. The second-order valence-corrected chi connectivity index (χ2v) is 4.85. The molecular weight excluding hydrogens is 280 g/mol. The number of benzene rings is 1. The predicted octanol–water partition coefficient (Wildman–Crippen LogP) is 1.89. The Bertz CT molecular complexity index is 560. The number of carbonyl (C=O) groups is 1. The molecule has 0 bridgehead atoms. The van der Waals surface area contributed by atoms with E-state index < -0.39 is 10.9 Å². The standard InChI is InChI=1S/C13H16N2O6/c1-8(4-13(16)17)7-14-9-5-11-12(21-3-2-20-11)6-10(9)15(18)19/h5-6,8,14H,2-4,7H2,1H3,(H,16,17). The van der Waals surface area contributed by atoms with Crippen LogP contribution >= 0.6 is 0 Å². The monoisotopic (exact) mass is 296 g/mol. The van der Waals surface area contributed by atoms with E-state index in [-0.39, 0.29) is 18.0 Å². The summed E-state index contributed by atoms with van der Waals surface area (Å²) in [7, 11) is 0. The van der Waals surface area contributed by atoms with Crippen molar-refractivity contribution in [2.45, 2.75) is 13.3 Å². The quantitative estimate of drug-likeness (QED) is 0.609. The summed E-state index contributed by atoms with van der Waals surface area (Å²) >= 11 is 0. The molecule has 0 aliphatic carbocycles. The third-order valence-corrected chi connectivity index (χ3v) is 3.02. The van der Waals surface area contributed by atoms with E-state index in [2.05, 4.69) is 5.32 Å². The molecule has 0 spiro atoms. The molecule has 114 valence electrons. The van der Waals surface area contributed by atoms with Crippen molar-refractivity contribution in [2.75, 3.05) is 25.1 Å². The fourth-order valence-electron chi connectivity index (χ4n) is 2.03. The Labute approximate surface area is 120 Å². The summed E-state index contributed by atoms with van der Waals surface area (Å²) in [5.74, 6) is -0.270. The highest BCUT2D eigenvalue weighted by Gasteiger charge is 2.22. The molecule has 1 aromatic carbocycles. The molecule has 0 radical (unpaired) electrons. The molecule has 1 aliphatic rings. The minimum absolute atomic E-state index is 0.00858. The molecule has 1 unspecified atom stereocenters. The molecule has 0 amide bonds. The van der Waals surface area contributed by atoms with Crippen molar-refractivity contribution in [1.29, 1.82) is 0 Å². The molecule has 1 aliphatic heterocycles. The van der Waals surface area contributed by atoms with E-state index in [9.17, 15) is 14.9 Å². The van der Waals surface area contributed by atoms with Gasteiger partial charge in [-0.2, -0.15) is 0 Å². The summed E-state index contributed by atoms with van der Waals surface area (Å²) in [6, 6.07) is 2.83. The number of nitro groups is 1. The molecule has 21 heavy (non-hydrogen) atoms. The normalized spacial score (nSPS) is 14.3. The summed E-state index contributed by atoms with van der Waals surface area (Å²) in [6.07, 6.45) is -0.00858. The van der Waals surface area contributed by atoms with Gasteiger partial charge in [0.25, 0.3) is 5.69 Å². The number of rotatable bonds is 6. The Morgan fingerprint density at radius 2 is 2.05 bits per heavy atom. The molecule has 1 atom stereocenters. The van der Waals surface area contributed by atoms with Gasteiger partial charge >= 0.3 is 5.97 Å². The van der Waals surface area contributed by atoms with Crippen molar-refractivity contribution in [3.05, 3.63) is 22.2 Å². The molecule has 2 rings (SSSR count). The Morgan fingerprint density at radius 1 is 1.43 bits per heavy atom. The van der Waals surface area contributed by atoms with Gasteiger partial charge in [0.05, 0.1) is 11.0 Å². The summed E-state index contributed by atoms with van der Waals surface area (Å²) < 4.78 is 10.7. The summed E-state index contributed by atoms with van der Waals surface area (Å²) in [6.45, 7) is 2.81. The Balaban J connectivity index is 2.17. The molecule has 1 heterocycles. The van der Waals surface area contributed by atoms with Crippen LogP contribution in [0.4, 0.5) is 11.4 Å². The number of nitro benzene ring substituents is 1. The molecule has 8 heteroatoms. The highest BCUT2D eigenvalue weighted by molar-refractivity contribution is 5.69. The van der Waals surface area contributed by atoms with Crippen LogP contribution in [0.15, 0.2) is 12.1 Å². The van der Waals surface area contributed by atoms with E-state index in [0.717, 1.165) is 0 Å². The minimum Gasteiger partial charge on any atom is -0.486 e. The van der Waals surface area contributed by atoms with Gasteiger partial charge in [-0.1, -0.05) is 6.92 Å². The fraction of sp³-hybridized carbons (Fsp3) is 0.462. The zero-order chi connectivity index (χ0) is 15.4. The van der Waals surface area contributed by atoms with Crippen molar-refractivity contribution in [2.24, 2.45) is 5.92 Å². The third-order valence-electron chi connectivity index (χ3n) is 3.02. The van der Waals surface area contributed by atoms with Gasteiger partial charge in [-0.05, 0) is 5.92 Å². The van der Waals surface area contributed by atoms with Crippen LogP contribution in [0.3, 0.4) is 0 Å². The van der Waals surface area contributed by atoms with Gasteiger partial charge in [-0.15, -0.1) is 0 Å². The van der Waals surface area contributed by atoms with Crippen molar-refractivity contribution in [3.63, 3.8) is 0 Å². The zero-order valence-electron chi connectivity index (χ0n) is 11.5. The lowest BCUT2D eigenvalue weighted by atomic mass is 10.1. The number of nitrogens with one attached hydrogen (secondary N) is 1. The van der Waals surface area contributed by atoms with Crippen LogP contribution in [-0.2, 0) is 4.79 Å². The lowest BCUT2D eigenvalue weighted by Crippen LogP contribution is -2.18. The van der Waals surface area contributed by atoms with Crippen molar-refractivity contribution >= 4 is 17.3 Å². The number of aliphatic carboxylic acids is 1. The van der Waals surface area contributed by atoms with Crippen LogP contribution in [0, 0.1) is 16.0 Å². The zero-order valence-corrected chi connectivity index (χ0v) is 11.5. The first-order chi connectivity index (χ1) is 9.97. The molecule has 0 aromatic heterocycles. The van der Waals surface area contributed by atoms with Gasteiger partial charge in [-0.25, -0.2) is 0 Å². The summed E-state index contributed by atoms with van der Waals surface area (Å²) in [5.41, 5.74) is 0.170. The molecule has 0 saturated heterocycles. The Hall–Kier alpha value is -2.51. The first-order valence-electron chi connectivity index (χ1n) is 6.51. The molecular formula is C13H16N2O6. The van der Waals surface area contributed by atoms with E-state index in [4.69, 9.17) is 14.6 Å². The van der Waals surface area contributed by atoms with Gasteiger partial charge in [0.15, 0.2) is 11.5 Å². The van der Waals surface area contributed by atoms with E-state index >= 15 is 0 Å². The van der Waals surface area contributed by atoms with E-state index in [1.165, 1.54) is 12.1 Å². The van der Waals surface area contributed by atoms with Gasteiger partial charge in [0.1, 0.15) is 18.9 Å². The van der Waals surface area contributed by atoms with Crippen LogP contribution in [0.1, 0.15) is 13.3 Å². The second kappa shape index (κ2) is 6.29. The fourth-order valence-corrected chi connectivity index (χ4v) is 2.03. The van der Waals surface area contributed by atoms with Gasteiger partial charge in [0.2, 0.25) is 0 Å². The van der Waals surface area contributed by atoms with E-state index in [0.29, 0.717) is 36.9 Å². The lowest BCUT2D eigenvalue weighted by molar-refractivity contribution is -0.384.